The third-order valence-electron chi connectivity index (χ3n) is 3.21. The minimum atomic E-state index is 0.481. The maximum Gasteiger partial charge on any atom is 0.0347 e. The Bertz CT molecular complexity index is 338. The van der Waals surface area contributed by atoms with E-state index in [0.29, 0.717) is 6.04 Å². The second kappa shape index (κ2) is 5.43. The van der Waals surface area contributed by atoms with Crippen LogP contribution in [0.4, 0.5) is 0 Å². The van der Waals surface area contributed by atoms with Crippen LogP contribution in [0.5, 0.6) is 0 Å². The number of rotatable bonds is 3. The van der Waals surface area contributed by atoms with Crippen LogP contribution in [0, 0.1) is 6.92 Å². The number of hydrogen-bond acceptors (Lipinski definition) is 3. The highest BCUT2D eigenvalue weighted by Gasteiger charge is 2.20. The lowest BCUT2D eigenvalue weighted by molar-refractivity contribution is 0.158. The minimum Gasteiger partial charge on any atom is -0.329 e. The molecule has 3 N–H and O–H groups in total. The Morgan fingerprint density at radius 2 is 2.38 bits per heavy atom. The van der Waals surface area contributed by atoms with Crippen molar-refractivity contribution in [2.45, 2.75) is 19.5 Å². The van der Waals surface area contributed by atoms with Crippen LogP contribution in [-0.2, 0) is 6.54 Å². The SMILES string of the molecule is Cc1cccc(CN2CCNCC2CN)c1. The molecule has 0 bridgehead atoms. The number of piperazine rings is 1. The van der Waals surface area contributed by atoms with Gasteiger partial charge in [-0.25, -0.2) is 0 Å². The molecule has 88 valence electrons. The molecule has 0 aromatic heterocycles. The summed E-state index contributed by atoms with van der Waals surface area (Å²) in [5.74, 6) is 0. The van der Waals surface area contributed by atoms with Crippen molar-refractivity contribution in [2.24, 2.45) is 5.73 Å². The van der Waals surface area contributed by atoms with Crippen LogP contribution in [0.25, 0.3) is 0 Å². The van der Waals surface area contributed by atoms with Crippen LogP contribution < -0.4 is 11.1 Å². The van der Waals surface area contributed by atoms with Gasteiger partial charge < -0.3 is 11.1 Å². The summed E-state index contributed by atoms with van der Waals surface area (Å²) in [7, 11) is 0. The molecule has 16 heavy (non-hydrogen) atoms. The molecule has 3 heteroatoms. The van der Waals surface area contributed by atoms with Crippen LogP contribution in [0.3, 0.4) is 0 Å². The van der Waals surface area contributed by atoms with Crippen molar-refractivity contribution >= 4 is 0 Å². The van der Waals surface area contributed by atoms with Gasteiger partial charge in [0.05, 0.1) is 0 Å². The van der Waals surface area contributed by atoms with Gasteiger partial charge in [-0.1, -0.05) is 29.8 Å². The van der Waals surface area contributed by atoms with Gasteiger partial charge in [0.15, 0.2) is 0 Å². The zero-order valence-corrected chi connectivity index (χ0v) is 9.95. The number of benzene rings is 1. The standard InChI is InChI=1S/C13H21N3/c1-11-3-2-4-12(7-11)10-16-6-5-15-9-13(16)8-14/h2-4,7,13,15H,5-6,8-10,14H2,1H3. The molecule has 1 saturated heterocycles. The molecule has 1 heterocycles. The first-order chi connectivity index (χ1) is 7.79. The Hall–Kier alpha value is -0.900. The average molecular weight is 219 g/mol. The highest BCUT2D eigenvalue weighted by atomic mass is 15.2. The summed E-state index contributed by atoms with van der Waals surface area (Å²) in [6, 6.07) is 9.21. The first-order valence-electron chi connectivity index (χ1n) is 6.00. The lowest BCUT2D eigenvalue weighted by atomic mass is 10.1. The molecule has 0 saturated carbocycles. The summed E-state index contributed by atoms with van der Waals surface area (Å²) >= 11 is 0. The predicted octanol–water partition coefficient (Wildman–Crippen LogP) is 0.728. The van der Waals surface area contributed by atoms with Crippen LogP contribution in [-0.4, -0.2) is 37.1 Å². The molecule has 1 aromatic rings. The number of nitrogens with one attached hydrogen (secondary N) is 1. The fourth-order valence-corrected chi connectivity index (χ4v) is 2.29. The smallest absolute Gasteiger partial charge is 0.0347 e. The number of aryl methyl sites for hydroxylation is 1. The van der Waals surface area contributed by atoms with E-state index in [4.69, 9.17) is 5.73 Å². The molecule has 0 radical (unpaired) electrons. The van der Waals surface area contributed by atoms with E-state index in [-0.39, 0.29) is 0 Å². The summed E-state index contributed by atoms with van der Waals surface area (Å²) < 4.78 is 0. The fraction of sp³-hybridized carbons (Fsp3) is 0.538. The summed E-state index contributed by atoms with van der Waals surface area (Å²) in [5.41, 5.74) is 8.52. The van der Waals surface area contributed by atoms with E-state index in [9.17, 15) is 0 Å². The van der Waals surface area contributed by atoms with Gasteiger partial charge in [-0.05, 0) is 12.5 Å². The first-order valence-corrected chi connectivity index (χ1v) is 6.00. The van der Waals surface area contributed by atoms with Gasteiger partial charge in [0.1, 0.15) is 0 Å². The van der Waals surface area contributed by atoms with Crippen LogP contribution in [0.15, 0.2) is 24.3 Å². The first kappa shape index (κ1) is 11.6. The summed E-state index contributed by atoms with van der Waals surface area (Å²) in [6.45, 7) is 7.08. The zero-order valence-electron chi connectivity index (χ0n) is 9.95. The predicted molar refractivity (Wildman–Crippen MR) is 67.3 cm³/mol. The monoisotopic (exact) mass is 219 g/mol. The second-order valence-corrected chi connectivity index (χ2v) is 4.55. The van der Waals surface area contributed by atoms with E-state index < -0.39 is 0 Å². The molecule has 1 unspecified atom stereocenters. The van der Waals surface area contributed by atoms with Crippen LogP contribution >= 0.6 is 0 Å². The topological polar surface area (TPSA) is 41.3 Å². The lowest BCUT2D eigenvalue weighted by Gasteiger charge is -2.35. The Kier molecular flexibility index (Phi) is 3.93. The third-order valence-corrected chi connectivity index (χ3v) is 3.21. The van der Waals surface area contributed by atoms with E-state index in [1.54, 1.807) is 0 Å². The molecule has 1 aliphatic heterocycles. The molecule has 3 nitrogen and oxygen atoms in total. The van der Waals surface area contributed by atoms with Crippen molar-refractivity contribution < 1.29 is 0 Å². The maximum absolute atomic E-state index is 5.80. The molecule has 1 fully saturated rings. The second-order valence-electron chi connectivity index (χ2n) is 4.55. The van der Waals surface area contributed by atoms with E-state index in [1.165, 1.54) is 11.1 Å². The van der Waals surface area contributed by atoms with Gasteiger partial charge in [-0.15, -0.1) is 0 Å². The molecular weight excluding hydrogens is 198 g/mol. The lowest BCUT2D eigenvalue weighted by Crippen LogP contribution is -2.53. The van der Waals surface area contributed by atoms with Crippen molar-refractivity contribution in [1.82, 2.24) is 10.2 Å². The molecule has 0 aliphatic carbocycles. The molecular formula is C13H21N3. The number of nitrogens with two attached hydrogens (primary N) is 1. The Morgan fingerprint density at radius 1 is 1.50 bits per heavy atom. The highest BCUT2D eigenvalue weighted by Crippen LogP contribution is 2.11. The summed E-state index contributed by atoms with van der Waals surface area (Å²) in [6.07, 6.45) is 0. The molecule has 1 atom stereocenters. The largest absolute Gasteiger partial charge is 0.329 e. The highest BCUT2D eigenvalue weighted by molar-refractivity contribution is 5.22. The molecule has 1 aromatic carbocycles. The van der Waals surface area contributed by atoms with Crippen molar-refractivity contribution in [1.29, 1.82) is 0 Å². The van der Waals surface area contributed by atoms with Crippen molar-refractivity contribution in [3.8, 4) is 0 Å². The van der Waals surface area contributed by atoms with Crippen molar-refractivity contribution in [2.75, 3.05) is 26.2 Å². The van der Waals surface area contributed by atoms with Gasteiger partial charge in [0, 0.05) is 38.8 Å². The summed E-state index contributed by atoms with van der Waals surface area (Å²) in [4.78, 5) is 2.48. The molecule has 1 aliphatic rings. The number of nitrogens with zero attached hydrogens (tertiary/aromatic N) is 1. The average Bonchev–Trinajstić information content (AvgIpc) is 2.30. The summed E-state index contributed by atoms with van der Waals surface area (Å²) in [5, 5.41) is 3.39. The Balaban J connectivity index is 2.02. The third kappa shape index (κ3) is 2.82. The van der Waals surface area contributed by atoms with E-state index in [2.05, 4.69) is 41.4 Å². The molecule has 0 amide bonds. The van der Waals surface area contributed by atoms with E-state index >= 15 is 0 Å². The Morgan fingerprint density at radius 3 is 3.12 bits per heavy atom. The Labute approximate surface area is 97.6 Å². The van der Waals surface area contributed by atoms with Crippen molar-refractivity contribution in [3.63, 3.8) is 0 Å². The maximum atomic E-state index is 5.80. The quantitative estimate of drug-likeness (QED) is 0.787. The van der Waals surface area contributed by atoms with Gasteiger partial charge >= 0.3 is 0 Å². The van der Waals surface area contributed by atoms with Crippen molar-refractivity contribution in [3.05, 3.63) is 35.4 Å². The van der Waals surface area contributed by atoms with E-state index in [0.717, 1.165) is 32.7 Å². The van der Waals surface area contributed by atoms with Gasteiger partial charge in [-0.3, -0.25) is 4.90 Å². The zero-order chi connectivity index (χ0) is 11.4. The number of hydrogen-bond donors (Lipinski definition) is 2. The van der Waals surface area contributed by atoms with Crippen LogP contribution in [0.2, 0.25) is 0 Å². The van der Waals surface area contributed by atoms with E-state index in [1.807, 2.05) is 0 Å². The molecule has 2 rings (SSSR count). The van der Waals surface area contributed by atoms with Gasteiger partial charge in [-0.2, -0.15) is 0 Å². The van der Waals surface area contributed by atoms with Gasteiger partial charge in [0.2, 0.25) is 0 Å². The fourth-order valence-electron chi connectivity index (χ4n) is 2.29. The minimum absolute atomic E-state index is 0.481. The van der Waals surface area contributed by atoms with Crippen LogP contribution in [0.1, 0.15) is 11.1 Å². The molecule has 0 spiro atoms. The normalized spacial score (nSPS) is 22.2. The van der Waals surface area contributed by atoms with Gasteiger partial charge in [0.25, 0.3) is 0 Å².